The molecule has 0 bridgehead atoms. The van der Waals surface area contributed by atoms with Crippen LogP contribution in [-0.4, -0.2) is 12.5 Å². The lowest BCUT2D eigenvalue weighted by Crippen LogP contribution is -2.35. The normalized spacial score (nSPS) is 15.3. The van der Waals surface area contributed by atoms with Crippen LogP contribution in [0.15, 0.2) is 53.0 Å². The number of halogens is 1. The Labute approximate surface area is 139 Å². The highest BCUT2D eigenvalue weighted by Crippen LogP contribution is 2.48. The third-order valence-corrected chi connectivity index (χ3v) is 4.79. The SMILES string of the molecule is Nc1ccc(CCNC(=O)C2(c3ccc(Br)cc3)CC2)cc1. The number of amides is 1. The molecule has 114 valence electrons. The second-order valence-corrected chi connectivity index (χ2v) is 6.75. The second-order valence-electron chi connectivity index (χ2n) is 5.84. The molecule has 2 aromatic carbocycles. The van der Waals surface area contributed by atoms with E-state index in [1.54, 1.807) is 0 Å². The van der Waals surface area contributed by atoms with E-state index in [-0.39, 0.29) is 11.3 Å². The molecule has 0 aliphatic heterocycles. The van der Waals surface area contributed by atoms with Crippen LogP contribution in [-0.2, 0) is 16.6 Å². The number of carbonyl (C=O) groups excluding carboxylic acids is 1. The number of hydrogen-bond donors (Lipinski definition) is 2. The maximum absolute atomic E-state index is 12.5. The Hall–Kier alpha value is -1.81. The number of benzene rings is 2. The number of anilines is 1. The summed E-state index contributed by atoms with van der Waals surface area (Å²) in [6, 6.07) is 15.9. The molecule has 0 saturated heterocycles. The van der Waals surface area contributed by atoms with Crippen molar-refractivity contribution in [1.29, 1.82) is 0 Å². The zero-order chi connectivity index (χ0) is 15.6. The first-order valence-electron chi connectivity index (χ1n) is 7.49. The fraction of sp³-hybridized carbons (Fsp3) is 0.278. The van der Waals surface area contributed by atoms with Gasteiger partial charge in [0.05, 0.1) is 5.41 Å². The van der Waals surface area contributed by atoms with E-state index in [9.17, 15) is 4.79 Å². The zero-order valence-corrected chi connectivity index (χ0v) is 13.9. The van der Waals surface area contributed by atoms with E-state index < -0.39 is 0 Å². The van der Waals surface area contributed by atoms with Crippen molar-refractivity contribution in [2.24, 2.45) is 0 Å². The molecular formula is C18H19BrN2O. The van der Waals surface area contributed by atoms with Crippen LogP contribution in [0.4, 0.5) is 5.69 Å². The molecule has 1 saturated carbocycles. The first-order chi connectivity index (χ1) is 10.6. The van der Waals surface area contributed by atoms with Gasteiger partial charge in [-0.25, -0.2) is 0 Å². The summed E-state index contributed by atoms with van der Waals surface area (Å²) in [6.45, 7) is 0.654. The number of nitrogens with one attached hydrogen (secondary N) is 1. The third-order valence-electron chi connectivity index (χ3n) is 4.26. The van der Waals surface area contributed by atoms with Gasteiger partial charge < -0.3 is 11.1 Å². The molecule has 0 radical (unpaired) electrons. The Morgan fingerprint density at radius 3 is 2.32 bits per heavy atom. The van der Waals surface area contributed by atoms with Crippen LogP contribution in [0.2, 0.25) is 0 Å². The van der Waals surface area contributed by atoms with Crippen molar-refractivity contribution < 1.29 is 4.79 Å². The smallest absolute Gasteiger partial charge is 0.230 e. The first kappa shape index (κ1) is 15.1. The van der Waals surface area contributed by atoms with Gasteiger partial charge in [0.15, 0.2) is 0 Å². The Morgan fingerprint density at radius 1 is 1.09 bits per heavy atom. The number of nitrogens with two attached hydrogens (primary N) is 1. The molecule has 3 N–H and O–H groups in total. The summed E-state index contributed by atoms with van der Waals surface area (Å²) in [4.78, 5) is 12.5. The minimum absolute atomic E-state index is 0.144. The largest absolute Gasteiger partial charge is 0.399 e. The molecular weight excluding hydrogens is 340 g/mol. The lowest BCUT2D eigenvalue weighted by Gasteiger charge is -2.16. The molecule has 3 rings (SSSR count). The van der Waals surface area contributed by atoms with Gasteiger partial charge in [0.25, 0.3) is 0 Å². The molecule has 1 aliphatic rings. The quantitative estimate of drug-likeness (QED) is 0.804. The minimum Gasteiger partial charge on any atom is -0.399 e. The predicted octanol–water partition coefficient (Wildman–Crippen LogP) is 3.42. The average molecular weight is 359 g/mol. The van der Waals surface area contributed by atoms with Crippen molar-refractivity contribution in [1.82, 2.24) is 5.32 Å². The topological polar surface area (TPSA) is 55.1 Å². The molecule has 0 spiro atoms. The molecule has 0 aromatic heterocycles. The van der Waals surface area contributed by atoms with Crippen LogP contribution in [0.25, 0.3) is 0 Å². The van der Waals surface area contributed by atoms with Crippen molar-refractivity contribution in [3.63, 3.8) is 0 Å². The van der Waals surface area contributed by atoms with E-state index in [1.807, 2.05) is 48.5 Å². The highest BCUT2D eigenvalue weighted by molar-refractivity contribution is 9.10. The van der Waals surface area contributed by atoms with E-state index in [2.05, 4.69) is 21.2 Å². The summed E-state index contributed by atoms with van der Waals surface area (Å²) in [7, 11) is 0. The lowest BCUT2D eigenvalue weighted by atomic mass is 9.95. The highest BCUT2D eigenvalue weighted by atomic mass is 79.9. The van der Waals surface area contributed by atoms with E-state index in [4.69, 9.17) is 5.73 Å². The van der Waals surface area contributed by atoms with Crippen LogP contribution < -0.4 is 11.1 Å². The second kappa shape index (κ2) is 6.13. The zero-order valence-electron chi connectivity index (χ0n) is 12.3. The predicted molar refractivity (Wildman–Crippen MR) is 92.6 cm³/mol. The summed E-state index contributed by atoms with van der Waals surface area (Å²) in [6.07, 6.45) is 2.69. The van der Waals surface area contributed by atoms with Gasteiger partial charge in [0, 0.05) is 16.7 Å². The van der Waals surface area contributed by atoms with Crippen molar-refractivity contribution in [3.8, 4) is 0 Å². The molecule has 2 aromatic rings. The van der Waals surface area contributed by atoms with Crippen molar-refractivity contribution >= 4 is 27.5 Å². The monoisotopic (exact) mass is 358 g/mol. The molecule has 1 amide bonds. The lowest BCUT2D eigenvalue weighted by molar-refractivity contribution is -0.123. The standard InChI is InChI=1S/C18H19BrN2O/c19-15-5-3-14(4-6-15)18(10-11-18)17(22)21-12-9-13-1-7-16(20)8-2-13/h1-8H,9-12,20H2,(H,21,22). The van der Waals surface area contributed by atoms with Gasteiger partial charge in [-0.1, -0.05) is 40.2 Å². The van der Waals surface area contributed by atoms with Gasteiger partial charge in [0.1, 0.15) is 0 Å². The number of hydrogen-bond acceptors (Lipinski definition) is 2. The van der Waals surface area contributed by atoms with Crippen LogP contribution >= 0.6 is 15.9 Å². The molecule has 0 unspecified atom stereocenters. The minimum atomic E-state index is -0.304. The van der Waals surface area contributed by atoms with Gasteiger partial charge in [-0.15, -0.1) is 0 Å². The summed E-state index contributed by atoms with van der Waals surface area (Å²) < 4.78 is 1.04. The first-order valence-corrected chi connectivity index (χ1v) is 8.28. The number of nitrogen functional groups attached to an aromatic ring is 1. The maximum atomic E-state index is 12.5. The van der Waals surface area contributed by atoms with Gasteiger partial charge in [-0.05, 0) is 54.7 Å². The van der Waals surface area contributed by atoms with E-state index >= 15 is 0 Å². The fourth-order valence-electron chi connectivity index (χ4n) is 2.71. The van der Waals surface area contributed by atoms with Crippen LogP contribution in [0.3, 0.4) is 0 Å². The molecule has 1 aliphatic carbocycles. The van der Waals surface area contributed by atoms with E-state index in [0.29, 0.717) is 6.54 Å². The van der Waals surface area contributed by atoms with Crippen molar-refractivity contribution in [2.75, 3.05) is 12.3 Å². The number of carbonyl (C=O) groups is 1. The van der Waals surface area contributed by atoms with Crippen LogP contribution in [0.5, 0.6) is 0 Å². The van der Waals surface area contributed by atoms with Crippen molar-refractivity contribution in [3.05, 3.63) is 64.1 Å². The summed E-state index contributed by atoms with van der Waals surface area (Å²) in [5, 5.41) is 3.08. The molecule has 22 heavy (non-hydrogen) atoms. The Kier molecular flexibility index (Phi) is 4.21. The average Bonchev–Trinajstić information content (AvgIpc) is 3.32. The van der Waals surface area contributed by atoms with Crippen LogP contribution in [0, 0.1) is 0 Å². The van der Waals surface area contributed by atoms with Gasteiger partial charge in [-0.2, -0.15) is 0 Å². The van der Waals surface area contributed by atoms with Gasteiger partial charge in [0.2, 0.25) is 5.91 Å². The molecule has 3 nitrogen and oxygen atoms in total. The van der Waals surface area contributed by atoms with Crippen molar-refractivity contribution in [2.45, 2.75) is 24.7 Å². The van der Waals surface area contributed by atoms with Crippen LogP contribution in [0.1, 0.15) is 24.0 Å². The summed E-state index contributed by atoms with van der Waals surface area (Å²) in [5.74, 6) is 0.144. The van der Waals surface area contributed by atoms with Gasteiger partial charge >= 0.3 is 0 Å². The summed E-state index contributed by atoms with van der Waals surface area (Å²) in [5.41, 5.74) is 8.43. The molecule has 1 fully saturated rings. The highest BCUT2D eigenvalue weighted by Gasteiger charge is 2.50. The Balaban J connectivity index is 1.57. The van der Waals surface area contributed by atoms with E-state index in [1.165, 1.54) is 5.56 Å². The molecule has 4 heteroatoms. The van der Waals surface area contributed by atoms with E-state index in [0.717, 1.165) is 35.0 Å². The third kappa shape index (κ3) is 3.17. The Bertz CT molecular complexity index is 660. The molecule has 0 atom stereocenters. The maximum Gasteiger partial charge on any atom is 0.230 e. The molecule has 0 heterocycles. The summed E-state index contributed by atoms with van der Waals surface area (Å²) >= 11 is 3.43. The number of rotatable bonds is 5. The fourth-order valence-corrected chi connectivity index (χ4v) is 2.98. The Morgan fingerprint density at radius 2 is 1.73 bits per heavy atom. The van der Waals surface area contributed by atoms with Gasteiger partial charge in [-0.3, -0.25) is 4.79 Å².